The highest BCUT2D eigenvalue weighted by atomic mass is 35.5. The molecule has 0 radical (unpaired) electrons. The average molecular weight is 501 g/mol. The number of halogens is 2. The molecule has 4 aromatic heterocycles. The molecule has 5 aromatic rings. The first-order valence-corrected chi connectivity index (χ1v) is 11.5. The van der Waals surface area contributed by atoms with Crippen LogP contribution in [0.3, 0.4) is 0 Å². The summed E-state index contributed by atoms with van der Waals surface area (Å²) in [7, 11) is 0. The highest BCUT2D eigenvalue weighted by molar-refractivity contribution is 6.33. The zero-order valence-corrected chi connectivity index (χ0v) is 19.5. The molecule has 1 fully saturated rings. The third kappa shape index (κ3) is 3.21. The number of nitriles is 1. The molecule has 11 heteroatoms. The van der Waals surface area contributed by atoms with Gasteiger partial charge in [0, 0.05) is 18.8 Å². The van der Waals surface area contributed by atoms with Gasteiger partial charge in [-0.05, 0) is 18.2 Å². The molecule has 9 nitrogen and oxygen atoms in total. The van der Waals surface area contributed by atoms with E-state index in [0.717, 1.165) is 0 Å². The van der Waals surface area contributed by atoms with Crippen LogP contribution in [0.1, 0.15) is 23.9 Å². The number of aromatic nitrogens is 6. The van der Waals surface area contributed by atoms with Gasteiger partial charge in [0.25, 0.3) is 5.56 Å². The van der Waals surface area contributed by atoms with Crippen molar-refractivity contribution in [1.82, 2.24) is 29.1 Å². The highest BCUT2D eigenvalue weighted by Gasteiger charge is 2.46. The Morgan fingerprint density at radius 3 is 2.83 bits per heavy atom. The van der Waals surface area contributed by atoms with E-state index in [-0.39, 0.29) is 29.1 Å². The van der Waals surface area contributed by atoms with Crippen molar-refractivity contribution in [1.29, 1.82) is 5.26 Å². The van der Waals surface area contributed by atoms with Crippen LogP contribution in [0.5, 0.6) is 0 Å². The third-order valence-corrected chi connectivity index (χ3v) is 6.83. The Morgan fingerprint density at radius 1 is 1.28 bits per heavy atom. The molecule has 0 unspecified atom stereocenters. The number of alkyl halides is 1. The average Bonchev–Trinajstić information content (AvgIpc) is 3.59. The Balaban J connectivity index is 1.65. The Morgan fingerprint density at radius 2 is 2.08 bits per heavy atom. The zero-order chi connectivity index (χ0) is 25.0. The molecule has 0 bridgehead atoms. The Hall–Kier alpha value is -4.49. The lowest BCUT2D eigenvalue weighted by Crippen LogP contribution is -2.33. The normalized spacial score (nSPS) is 19.7. The van der Waals surface area contributed by atoms with Crippen molar-refractivity contribution in [3.8, 4) is 11.8 Å². The van der Waals surface area contributed by atoms with Crippen LogP contribution >= 0.6 is 11.6 Å². The van der Waals surface area contributed by atoms with E-state index < -0.39 is 11.7 Å². The van der Waals surface area contributed by atoms with Crippen LogP contribution < -0.4 is 10.5 Å². The Kier molecular flexibility index (Phi) is 4.91. The van der Waals surface area contributed by atoms with E-state index in [0.29, 0.717) is 33.9 Å². The lowest BCUT2D eigenvalue weighted by molar-refractivity contribution is 0.254. The SMILES string of the molecule is C=C[C@]1(F)C[C@@H](c2nn3ccc(Cl)c3c(=O)n2-c2ccccc2)N(c2ncnc3[nH]cc(C#N)c23)C1. The fourth-order valence-electron chi connectivity index (χ4n) is 4.83. The number of benzene rings is 1. The first kappa shape index (κ1) is 22.0. The molecule has 6 rings (SSSR count). The summed E-state index contributed by atoms with van der Waals surface area (Å²) in [5, 5.41) is 15.1. The van der Waals surface area contributed by atoms with E-state index in [1.807, 2.05) is 6.07 Å². The lowest BCUT2D eigenvalue weighted by atomic mass is 10.0. The number of anilines is 1. The number of aromatic amines is 1. The predicted octanol–water partition coefficient (Wildman–Crippen LogP) is 4.13. The number of hydrogen-bond donors (Lipinski definition) is 1. The fourth-order valence-corrected chi connectivity index (χ4v) is 5.06. The van der Waals surface area contributed by atoms with Gasteiger partial charge in [0.2, 0.25) is 0 Å². The van der Waals surface area contributed by atoms with Crippen molar-refractivity contribution in [2.45, 2.75) is 18.1 Å². The molecule has 36 heavy (non-hydrogen) atoms. The molecule has 2 atom stereocenters. The minimum Gasteiger partial charge on any atom is -0.345 e. The van der Waals surface area contributed by atoms with Crippen molar-refractivity contribution in [3.05, 3.63) is 94.5 Å². The molecular formula is C25H18ClFN8O. The molecule has 5 heterocycles. The molecule has 0 amide bonds. The summed E-state index contributed by atoms with van der Waals surface area (Å²) in [5.74, 6) is 0.664. The first-order chi connectivity index (χ1) is 17.4. The number of fused-ring (bicyclic) bond motifs is 2. The quantitative estimate of drug-likeness (QED) is 0.372. The maximum Gasteiger partial charge on any atom is 0.284 e. The lowest BCUT2D eigenvalue weighted by Gasteiger charge is -2.27. The molecule has 178 valence electrons. The van der Waals surface area contributed by atoms with Gasteiger partial charge in [-0.2, -0.15) is 10.4 Å². The monoisotopic (exact) mass is 500 g/mol. The number of para-hydroxylation sites is 1. The van der Waals surface area contributed by atoms with Crippen molar-refractivity contribution >= 4 is 34.0 Å². The van der Waals surface area contributed by atoms with Gasteiger partial charge >= 0.3 is 0 Å². The summed E-state index contributed by atoms with van der Waals surface area (Å²) in [4.78, 5) is 27.1. The van der Waals surface area contributed by atoms with E-state index in [1.165, 1.54) is 27.7 Å². The third-order valence-electron chi connectivity index (χ3n) is 6.53. The number of nitrogens with one attached hydrogen (secondary N) is 1. The van der Waals surface area contributed by atoms with Gasteiger partial charge in [-0.3, -0.25) is 9.36 Å². The van der Waals surface area contributed by atoms with Gasteiger partial charge in [-0.15, -0.1) is 0 Å². The summed E-state index contributed by atoms with van der Waals surface area (Å²) < 4.78 is 18.8. The van der Waals surface area contributed by atoms with Crippen molar-refractivity contribution in [2.24, 2.45) is 0 Å². The number of rotatable bonds is 4. The number of H-pyrrole nitrogens is 1. The van der Waals surface area contributed by atoms with Gasteiger partial charge in [-0.25, -0.2) is 18.9 Å². The van der Waals surface area contributed by atoms with Gasteiger partial charge < -0.3 is 9.88 Å². The van der Waals surface area contributed by atoms with Crippen molar-refractivity contribution in [3.63, 3.8) is 0 Å². The minimum absolute atomic E-state index is 0.0336. The molecule has 0 spiro atoms. The molecule has 0 saturated carbocycles. The van der Waals surface area contributed by atoms with Gasteiger partial charge in [0.05, 0.1) is 34.2 Å². The standard InChI is InChI=1S/C25H18ClFN8O/c1-2-25(27)10-18(33(13-25)23-19-15(11-28)12-29-21(19)30-14-31-23)22-32-34-9-8-17(26)20(34)24(36)35(22)16-6-4-3-5-7-16/h2-9,12,14,18H,1,10,13H2,(H,29,30,31)/t18-,25-/m0/s1. The van der Waals surface area contributed by atoms with Crippen molar-refractivity contribution < 1.29 is 4.39 Å². The van der Waals surface area contributed by atoms with Crippen LogP contribution in [-0.2, 0) is 0 Å². The van der Waals surface area contributed by atoms with Crippen LogP contribution in [0.15, 0.2) is 72.6 Å². The van der Waals surface area contributed by atoms with Gasteiger partial charge in [-0.1, -0.05) is 42.5 Å². The summed E-state index contributed by atoms with van der Waals surface area (Å²) >= 11 is 6.32. The van der Waals surface area contributed by atoms with E-state index in [9.17, 15) is 10.1 Å². The Bertz CT molecular complexity index is 1750. The fraction of sp³-hybridized carbons (Fsp3) is 0.160. The van der Waals surface area contributed by atoms with E-state index >= 15 is 4.39 Å². The molecule has 1 aromatic carbocycles. The van der Waals surface area contributed by atoms with E-state index in [4.69, 9.17) is 16.7 Å². The van der Waals surface area contributed by atoms with Crippen molar-refractivity contribution in [2.75, 3.05) is 11.4 Å². The molecule has 1 aliphatic heterocycles. The second kappa shape index (κ2) is 8.03. The van der Waals surface area contributed by atoms with Gasteiger partial charge in [0.1, 0.15) is 35.0 Å². The number of hydrogen-bond acceptors (Lipinski definition) is 6. The maximum absolute atomic E-state index is 16.0. The highest BCUT2D eigenvalue weighted by Crippen LogP contribution is 2.44. The second-order valence-electron chi connectivity index (χ2n) is 8.61. The summed E-state index contributed by atoms with van der Waals surface area (Å²) in [6.07, 6.45) is 5.71. The maximum atomic E-state index is 16.0. The second-order valence-corrected chi connectivity index (χ2v) is 9.02. The minimum atomic E-state index is -1.80. The first-order valence-electron chi connectivity index (χ1n) is 11.1. The van der Waals surface area contributed by atoms with E-state index in [1.54, 1.807) is 41.4 Å². The predicted molar refractivity (Wildman–Crippen MR) is 133 cm³/mol. The van der Waals surface area contributed by atoms with Crippen LogP contribution in [-0.4, -0.2) is 41.3 Å². The summed E-state index contributed by atoms with van der Waals surface area (Å²) in [6, 6.07) is 12.0. The smallest absolute Gasteiger partial charge is 0.284 e. The van der Waals surface area contributed by atoms with Gasteiger partial charge in [0.15, 0.2) is 5.82 Å². The molecule has 1 N–H and O–H groups in total. The largest absolute Gasteiger partial charge is 0.345 e. The number of nitrogens with zero attached hydrogens (tertiary/aromatic N) is 7. The van der Waals surface area contributed by atoms with Crippen LogP contribution in [0.25, 0.3) is 22.2 Å². The van der Waals surface area contributed by atoms with Crippen LogP contribution in [0.2, 0.25) is 5.02 Å². The summed E-state index contributed by atoms with van der Waals surface area (Å²) in [5.41, 5.74) is -0.629. The van der Waals surface area contributed by atoms with E-state index in [2.05, 4.69) is 27.6 Å². The molecule has 0 aliphatic carbocycles. The molecule has 1 aliphatic rings. The zero-order valence-electron chi connectivity index (χ0n) is 18.8. The van der Waals surface area contributed by atoms with Crippen LogP contribution in [0.4, 0.5) is 10.2 Å². The topological polar surface area (TPSA) is 108 Å². The van der Waals surface area contributed by atoms with Crippen LogP contribution in [0, 0.1) is 11.3 Å². The summed E-state index contributed by atoms with van der Waals surface area (Å²) in [6.45, 7) is 3.60. The molecule has 1 saturated heterocycles. The Labute approximate surface area is 208 Å². The molecular weight excluding hydrogens is 483 g/mol.